The van der Waals surface area contributed by atoms with Gasteiger partial charge in [-0.1, -0.05) is 23.8 Å². The average molecular weight is 619 g/mol. The van der Waals surface area contributed by atoms with Gasteiger partial charge in [0.1, 0.15) is 0 Å². The minimum absolute atomic E-state index is 0.0295. The second kappa shape index (κ2) is 9.73. The molecular weight excluding hydrogens is 599 g/mol. The number of hydrogen-bond donors (Lipinski definition) is 1. The van der Waals surface area contributed by atoms with Gasteiger partial charge >= 0.3 is 12.4 Å². The Morgan fingerprint density at radius 1 is 0.886 bits per heavy atom. The van der Waals surface area contributed by atoms with Gasteiger partial charge in [-0.3, -0.25) is 19.2 Å². The predicted octanol–water partition coefficient (Wildman–Crippen LogP) is 6.20. The van der Waals surface area contributed by atoms with Gasteiger partial charge in [-0.2, -0.15) is 26.3 Å². The molecule has 1 fully saturated rings. The number of aromatic hydroxyl groups is 1. The fraction of sp³-hybridized carbons (Fsp3) is 0.290. The molecule has 0 spiro atoms. The summed E-state index contributed by atoms with van der Waals surface area (Å²) in [6, 6.07) is 4.05. The van der Waals surface area contributed by atoms with E-state index in [4.69, 9.17) is 0 Å². The quantitative estimate of drug-likeness (QED) is 0.187. The lowest BCUT2D eigenvalue weighted by Gasteiger charge is -2.42. The van der Waals surface area contributed by atoms with Gasteiger partial charge < -0.3 is 5.11 Å². The van der Waals surface area contributed by atoms with Crippen LogP contribution in [0.4, 0.5) is 36.4 Å². The summed E-state index contributed by atoms with van der Waals surface area (Å²) in [4.78, 5) is 54.2. The van der Waals surface area contributed by atoms with Crippen LogP contribution in [0.2, 0.25) is 0 Å². The molecule has 0 aromatic heterocycles. The number of hydrogen-bond acceptors (Lipinski definition) is 5. The van der Waals surface area contributed by atoms with E-state index in [1.807, 2.05) is 0 Å². The molecule has 1 aliphatic heterocycles. The summed E-state index contributed by atoms with van der Waals surface area (Å²) in [6.07, 6.45) is -8.28. The van der Waals surface area contributed by atoms with E-state index >= 15 is 0 Å². The maximum absolute atomic E-state index is 14.5. The van der Waals surface area contributed by atoms with Crippen LogP contribution < -0.4 is 4.90 Å². The second-order valence-electron chi connectivity index (χ2n) is 11.2. The van der Waals surface area contributed by atoms with E-state index in [2.05, 4.69) is 0 Å². The molecule has 6 nitrogen and oxygen atoms in total. The molecule has 4 aliphatic rings. The Labute approximate surface area is 244 Å². The number of alkyl halides is 6. The van der Waals surface area contributed by atoms with E-state index in [-0.39, 0.29) is 41.2 Å². The number of nitrogens with zero attached hydrogens (tertiary/aromatic N) is 1. The van der Waals surface area contributed by atoms with Crippen molar-refractivity contribution < 1.29 is 55.0 Å². The summed E-state index contributed by atoms with van der Waals surface area (Å²) >= 11 is 0. The highest BCUT2D eigenvalue weighted by Gasteiger charge is 2.57. The van der Waals surface area contributed by atoms with Gasteiger partial charge in [-0.05, 0) is 56.0 Å². The number of ketones is 2. The van der Waals surface area contributed by atoms with E-state index in [0.29, 0.717) is 22.6 Å². The standard InChI is InChI=1S/C31H20F7NO5/c1-12-7-22(40)20-11-19-16(23(25(20)26(12)41)17-3-2-4-21(32)27(17)42)5-6-18-24(19)29(44)39(28(18)43)15-9-13(30(33,34)35)8-14(10-15)31(36,37)38/h2-5,7-10,18-19,23-24,42H,6,11H2,1H3. The number of amides is 2. The number of Topliss-reactive ketones (excluding diaryl/α,β-unsaturated/α-hetero) is 1. The molecule has 1 N–H and O–H groups in total. The molecule has 0 saturated carbocycles. The van der Waals surface area contributed by atoms with Gasteiger partial charge in [0.2, 0.25) is 11.8 Å². The molecule has 1 heterocycles. The Bertz CT molecular complexity index is 1750. The average Bonchev–Trinajstić information content (AvgIpc) is 3.20. The van der Waals surface area contributed by atoms with Crippen molar-refractivity contribution in [3.05, 3.63) is 93.4 Å². The first-order valence-corrected chi connectivity index (χ1v) is 13.4. The number of halogens is 7. The van der Waals surface area contributed by atoms with E-state index in [1.165, 1.54) is 25.1 Å². The van der Waals surface area contributed by atoms with Gasteiger partial charge in [0, 0.05) is 28.2 Å². The number of anilines is 1. The number of carbonyl (C=O) groups excluding carboxylic acids is 4. The number of para-hydroxylation sites is 1. The second-order valence-corrected chi connectivity index (χ2v) is 11.2. The number of phenolic OH excluding ortho intramolecular Hbond substituents is 1. The number of imide groups is 1. The van der Waals surface area contributed by atoms with Crippen molar-refractivity contribution in [3.63, 3.8) is 0 Å². The van der Waals surface area contributed by atoms with Crippen LogP contribution in [0, 0.1) is 23.6 Å². The van der Waals surface area contributed by atoms with Gasteiger partial charge in [-0.15, -0.1) is 0 Å². The monoisotopic (exact) mass is 619 g/mol. The molecule has 2 amide bonds. The molecule has 0 bridgehead atoms. The molecule has 6 rings (SSSR count). The number of fused-ring (bicyclic) bond motifs is 3. The van der Waals surface area contributed by atoms with Gasteiger partial charge in [-0.25, -0.2) is 9.29 Å². The lowest BCUT2D eigenvalue weighted by molar-refractivity contribution is -0.143. The Hall–Kier alpha value is -4.55. The normalized spacial score (nSPS) is 25.5. The van der Waals surface area contributed by atoms with E-state index < -0.39 is 87.8 Å². The van der Waals surface area contributed by atoms with E-state index in [1.54, 1.807) is 0 Å². The first kappa shape index (κ1) is 29.5. The highest BCUT2D eigenvalue weighted by molar-refractivity contribution is 6.25. The smallest absolute Gasteiger partial charge is 0.416 e. The van der Waals surface area contributed by atoms with Gasteiger partial charge in [0.15, 0.2) is 23.1 Å². The third-order valence-electron chi connectivity index (χ3n) is 8.72. The predicted molar refractivity (Wildman–Crippen MR) is 138 cm³/mol. The van der Waals surface area contributed by atoms with Crippen LogP contribution in [-0.4, -0.2) is 28.5 Å². The fourth-order valence-corrected chi connectivity index (χ4v) is 6.80. The maximum Gasteiger partial charge on any atom is 0.416 e. The zero-order valence-electron chi connectivity index (χ0n) is 22.5. The van der Waals surface area contributed by atoms with Crippen LogP contribution in [-0.2, 0) is 31.5 Å². The molecule has 1 saturated heterocycles. The molecule has 2 aromatic rings. The Kier molecular flexibility index (Phi) is 6.53. The number of allylic oxidation sites excluding steroid dienone is 6. The van der Waals surface area contributed by atoms with Crippen molar-refractivity contribution in [1.82, 2.24) is 0 Å². The topological polar surface area (TPSA) is 91.8 Å². The molecule has 4 unspecified atom stereocenters. The Balaban J connectivity index is 1.49. The molecule has 0 radical (unpaired) electrons. The van der Waals surface area contributed by atoms with Gasteiger partial charge in [0.05, 0.1) is 28.7 Å². The van der Waals surface area contributed by atoms with Crippen LogP contribution in [0.1, 0.15) is 42.4 Å². The van der Waals surface area contributed by atoms with Gasteiger partial charge in [0.25, 0.3) is 0 Å². The lowest BCUT2D eigenvalue weighted by atomic mass is 9.59. The molecule has 4 atom stereocenters. The third-order valence-corrected chi connectivity index (χ3v) is 8.72. The third kappa shape index (κ3) is 4.39. The van der Waals surface area contributed by atoms with Crippen molar-refractivity contribution >= 4 is 29.1 Å². The summed E-state index contributed by atoms with van der Waals surface area (Å²) in [7, 11) is 0. The van der Waals surface area contributed by atoms with Crippen molar-refractivity contribution in [2.75, 3.05) is 4.90 Å². The first-order valence-electron chi connectivity index (χ1n) is 13.4. The van der Waals surface area contributed by atoms with Crippen LogP contribution >= 0.6 is 0 Å². The minimum Gasteiger partial charge on any atom is -0.505 e. The highest BCUT2D eigenvalue weighted by Crippen LogP contribution is 2.56. The summed E-state index contributed by atoms with van der Waals surface area (Å²) in [5, 5.41) is 10.7. The lowest BCUT2D eigenvalue weighted by Crippen LogP contribution is -2.40. The summed E-state index contributed by atoms with van der Waals surface area (Å²) in [5.41, 5.74) is -4.07. The van der Waals surface area contributed by atoms with Crippen molar-refractivity contribution in [1.29, 1.82) is 0 Å². The zero-order valence-corrected chi connectivity index (χ0v) is 22.5. The summed E-state index contributed by atoms with van der Waals surface area (Å²) in [5.74, 6) is -9.80. The number of rotatable bonds is 2. The Morgan fingerprint density at radius 2 is 1.52 bits per heavy atom. The van der Waals surface area contributed by atoms with Crippen LogP contribution in [0.15, 0.2) is 70.8 Å². The van der Waals surface area contributed by atoms with E-state index in [0.717, 1.165) is 12.1 Å². The molecule has 3 aliphatic carbocycles. The number of benzene rings is 2. The van der Waals surface area contributed by atoms with Crippen molar-refractivity contribution in [2.24, 2.45) is 17.8 Å². The SMILES string of the molecule is CC1=CC(=O)C2=C(C1=O)C(c1cccc(F)c1O)C1=CCC3C(=O)N(c4cc(C(F)(F)F)cc(C(F)(F)F)c4)C(=O)C3C1C2. The number of phenols is 1. The highest BCUT2D eigenvalue weighted by atomic mass is 19.4. The van der Waals surface area contributed by atoms with Crippen molar-refractivity contribution in [2.45, 2.75) is 38.0 Å². The maximum atomic E-state index is 14.5. The van der Waals surface area contributed by atoms with Crippen LogP contribution in [0.5, 0.6) is 5.75 Å². The molecular formula is C31H20F7NO5. The Morgan fingerprint density at radius 3 is 2.14 bits per heavy atom. The largest absolute Gasteiger partial charge is 0.505 e. The fourth-order valence-electron chi connectivity index (χ4n) is 6.80. The van der Waals surface area contributed by atoms with Crippen LogP contribution in [0.25, 0.3) is 0 Å². The molecule has 2 aromatic carbocycles. The molecule has 13 heteroatoms. The number of carbonyl (C=O) groups is 4. The zero-order chi connectivity index (χ0) is 32.0. The summed E-state index contributed by atoms with van der Waals surface area (Å²) < 4.78 is 96.0. The molecule has 228 valence electrons. The minimum atomic E-state index is -5.23. The van der Waals surface area contributed by atoms with Crippen molar-refractivity contribution in [3.8, 4) is 5.75 Å². The summed E-state index contributed by atoms with van der Waals surface area (Å²) in [6.45, 7) is 1.41. The van der Waals surface area contributed by atoms with Crippen LogP contribution in [0.3, 0.4) is 0 Å². The molecule has 44 heavy (non-hydrogen) atoms. The first-order chi connectivity index (χ1) is 20.5. The van der Waals surface area contributed by atoms with E-state index in [9.17, 15) is 55.0 Å².